The summed E-state index contributed by atoms with van der Waals surface area (Å²) in [6, 6.07) is 0.722. The summed E-state index contributed by atoms with van der Waals surface area (Å²) in [6.45, 7) is 8.75. The van der Waals surface area contributed by atoms with Gasteiger partial charge < -0.3 is 10.6 Å². The topological polar surface area (TPSA) is 43.2 Å². The van der Waals surface area contributed by atoms with E-state index in [2.05, 4.69) is 24.5 Å². The van der Waals surface area contributed by atoms with Crippen LogP contribution < -0.4 is 5.32 Å². The van der Waals surface area contributed by atoms with Crippen LogP contribution in [-0.4, -0.2) is 25.5 Å². The number of amides is 1. The van der Waals surface area contributed by atoms with Gasteiger partial charge in [0.05, 0.1) is 0 Å². The Labute approximate surface area is 137 Å². The summed E-state index contributed by atoms with van der Waals surface area (Å²) < 4.78 is 0. The van der Waals surface area contributed by atoms with Gasteiger partial charge in [0.2, 0.25) is 5.91 Å². The molecule has 0 aromatic rings. The number of rotatable bonds is 4. The second-order valence-corrected chi connectivity index (χ2v) is 5.49. The molecule has 1 rings (SSSR count). The zero-order valence-corrected chi connectivity index (χ0v) is 16.8. The number of hydrogen-bond acceptors (Lipinski definition) is 1. The first-order valence-corrected chi connectivity index (χ1v) is 6.84. The molecule has 0 bridgehead atoms. The van der Waals surface area contributed by atoms with E-state index in [1.54, 1.807) is 0 Å². The molecule has 0 aliphatic heterocycles. The average molecular weight is 479 g/mol. The van der Waals surface area contributed by atoms with Crippen LogP contribution in [0.25, 0.3) is 5.32 Å². The van der Waals surface area contributed by atoms with Gasteiger partial charge in [-0.2, -0.15) is 7.05 Å². The minimum atomic E-state index is 0. The molecular weight excluding hydrogens is 450 g/mol. The maximum Gasteiger partial charge on any atom is 0.222 e. The molecule has 3 nitrogen and oxygen atoms in total. The van der Waals surface area contributed by atoms with Crippen molar-refractivity contribution in [3.8, 4) is 0 Å². The van der Waals surface area contributed by atoms with E-state index in [1.165, 1.54) is 25.7 Å². The van der Waals surface area contributed by atoms with E-state index in [4.69, 9.17) is 0 Å². The van der Waals surface area contributed by atoms with E-state index in [0.717, 1.165) is 12.6 Å². The predicted molar refractivity (Wildman–Crippen MR) is 74.2 cm³/mol. The van der Waals surface area contributed by atoms with Gasteiger partial charge in [-0.05, 0) is 5.92 Å². The molecule has 1 N–H and O–H groups in total. The number of carbonyl (C=O) groups excluding carboxylic acids is 1. The fourth-order valence-corrected chi connectivity index (χ4v) is 1.67. The summed E-state index contributed by atoms with van der Waals surface area (Å²) in [4.78, 5) is 10.9. The van der Waals surface area contributed by atoms with Crippen molar-refractivity contribution in [3.05, 3.63) is 5.32 Å². The molecule has 1 amide bonds. The first-order valence-electron chi connectivity index (χ1n) is 6.84. The number of hydrogen-bond donors (Lipinski definition) is 1. The standard InChI is InChI=1S/C8H17NO.C6H12N.U/c1-6(2)5-9-8(10)7(3)4;1-7-6-4-2-3-5-6;/h6-7H,5H2,1-4H3,(H,9,10);6H,2-5H2,1H3;/q;-1;. The molecular formula is C14H29N2OU-. The molecule has 1 aliphatic rings. The van der Waals surface area contributed by atoms with Gasteiger partial charge in [0.15, 0.2) is 0 Å². The van der Waals surface area contributed by atoms with E-state index in [0.29, 0.717) is 5.92 Å². The van der Waals surface area contributed by atoms with Crippen LogP contribution in [0.1, 0.15) is 53.4 Å². The maximum absolute atomic E-state index is 10.9. The molecule has 0 spiro atoms. The Morgan fingerprint density at radius 2 is 1.72 bits per heavy atom. The van der Waals surface area contributed by atoms with Crippen LogP contribution in [0.3, 0.4) is 0 Å². The summed E-state index contributed by atoms with van der Waals surface area (Å²) in [6.07, 6.45) is 5.50. The average Bonchev–Trinajstić information content (AvgIpc) is 2.79. The van der Waals surface area contributed by atoms with Crippen LogP contribution in [0, 0.1) is 42.9 Å². The molecule has 0 heterocycles. The van der Waals surface area contributed by atoms with Crippen molar-refractivity contribution in [2.45, 2.75) is 59.4 Å². The van der Waals surface area contributed by atoms with Crippen molar-refractivity contribution in [2.75, 3.05) is 13.6 Å². The van der Waals surface area contributed by atoms with Gasteiger partial charge in [-0.3, -0.25) is 4.79 Å². The van der Waals surface area contributed by atoms with E-state index < -0.39 is 0 Å². The van der Waals surface area contributed by atoms with Gasteiger partial charge >= 0.3 is 0 Å². The third-order valence-electron chi connectivity index (χ3n) is 2.90. The molecule has 0 saturated heterocycles. The zero-order chi connectivity index (χ0) is 13.3. The number of nitrogens with zero attached hydrogens (tertiary/aromatic N) is 1. The smallest absolute Gasteiger partial charge is 0.222 e. The van der Waals surface area contributed by atoms with Crippen LogP contribution in [-0.2, 0) is 4.79 Å². The van der Waals surface area contributed by atoms with E-state index in [9.17, 15) is 4.79 Å². The molecule has 0 atom stereocenters. The van der Waals surface area contributed by atoms with Crippen LogP contribution >= 0.6 is 0 Å². The fraction of sp³-hybridized carbons (Fsp3) is 0.929. The van der Waals surface area contributed by atoms with Gasteiger partial charge in [0.25, 0.3) is 0 Å². The Morgan fingerprint density at radius 3 is 2.00 bits per heavy atom. The SMILES string of the molecule is CC(C)CNC(=O)C(C)C.C[N-]C1CCCC1.[U]. The summed E-state index contributed by atoms with van der Waals surface area (Å²) in [5.41, 5.74) is 0. The van der Waals surface area contributed by atoms with Gasteiger partial charge in [-0.1, -0.05) is 53.4 Å². The predicted octanol–water partition coefficient (Wildman–Crippen LogP) is 3.35. The Hall–Kier alpha value is 0.482. The third kappa shape index (κ3) is 11.6. The molecule has 4 heteroatoms. The first kappa shape index (κ1) is 20.8. The Morgan fingerprint density at radius 1 is 1.22 bits per heavy atom. The number of carbonyl (C=O) groups is 1. The van der Waals surface area contributed by atoms with Gasteiger partial charge in [0.1, 0.15) is 0 Å². The first-order chi connectivity index (χ1) is 7.97. The largest absolute Gasteiger partial charge is 0.662 e. The third-order valence-corrected chi connectivity index (χ3v) is 2.90. The van der Waals surface area contributed by atoms with E-state index in [1.807, 2.05) is 20.9 Å². The van der Waals surface area contributed by atoms with Gasteiger partial charge in [-0.15, -0.1) is 6.04 Å². The van der Waals surface area contributed by atoms with Crippen LogP contribution in [0.2, 0.25) is 0 Å². The fourth-order valence-electron chi connectivity index (χ4n) is 1.67. The number of nitrogens with one attached hydrogen (secondary N) is 1. The molecule has 0 aromatic heterocycles. The van der Waals surface area contributed by atoms with Crippen molar-refractivity contribution in [2.24, 2.45) is 11.8 Å². The summed E-state index contributed by atoms with van der Waals surface area (Å²) in [5, 5.41) is 7.03. The van der Waals surface area contributed by atoms with Crippen LogP contribution in [0.15, 0.2) is 0 Å². The second kappa shape index (κ2) is 12.5. The Kier molecular flexibility index (Phi) is 14.5. The van der Waals surface area contributed by atoms with Crippen molar-refractivity contribution < 1.29 is 35.9 Å². The molecule has 1 aliphatic carbocycles. The second-order valence-electron chi connectivity index (χ2n) is 5.49. The molecule has 1 fully saturated rings. The summed E-state index contributed by atoms with van der Waals surface area (Å²) >= 11 is 0. The molecule has 18 heavy (non-hydrogen) atoms. The molecule has 0 unspecified atom stereocenters. The quantitative estimate of drug-likeness (QED) is 0.661. The van der Waals surface area contributed by atoms with Crippen LogP contribution in [0.5, 0.6) is 0 Å². The van der Waals surface area contributed by atoms with E-state index in [-0.39, 0.29) is 42.9 Å². The van der Waals surface area contributed by atoms with Gasteiger partial charge in [0, 0.05) is 43.6 Å². The molecule has 106 valence electrons. The van der Waals surface area contributed by atoms with Crippen molar-refractivity contribution in [1.82, 2.24) is 5.32 Å². The molecule has 0 radical (unpaired) electrons. The summed E-state index contributed by atoms with van der Waals surface area (Å²) in [5.74, 6) is 0.801. The zero-order valence-electron chi connectivity index (χ0n) is 12.6. The van der Waals surface area contributed by atoms with Crippen molar-refractivity contribution in [1.29, 1.82) is 0 Å². The normalized spacial score (nSPS) is 15.1. The summed E-state index contributed by atoms with van der Waals surface area (Å²) in [7, 11) is 1.93. The van der Waals surface area contributed by atoms with Gasteiger partial charge in [-0.25, -0.2) is 0 Å². The van der Waals surface area contributed by atoms with E-state index >= 15 is 0 Å². The van der Waals surface area contributed by atoms with Crippen LogP contribution in [0.4, 0.5) is 0 Å². The Bertz CT molecular complexity index is 202. The minimum Gasteiger partial charge on any atom is -0.662 e. The van der Waals surface area contributed by atoms with Crippen molar-refractivity contribution in [3.63, 3.8) is 0 Å². The maximum atomic E-state index is 10.9. The monoisotopic (exact) mass is 479 g/mol. The van der Waals surface area contributed by atoms with Crippen molar-refractivity contribution >= 4 is 5.91 Å². The molecule has 1 saturated carbocycles. The minimum absolute atomic E-state index is 0. The Balaban J connectivity index is 0. The molecule has 0 aromatic carbocycles.